The highest BCUT2D eigenvalue weighted by atomic mass is 16.1. The summed E-state index contributed by atoms with van der Waals surface area (Å²) in [5, 5.41) is 0. The van der Waals surface area contributed by atoms with Crippen LogP contribution in [0.1, 0.15) is 24.4 Å². The van der Waals surface area contributed by atoms with Crippen molar-refractivity contribution in [2.45, 2.75) is 18.9 Å². The molecule has 1 N–H and O–H groups in total. The number of carbonyl (C=O) groups excluding carboxylic acids is 1. The smallest absolute Gasteiger partial charge is 0.253 e. The summed E-state index contributed by atoms with van der Waals surface area (Å²) in [6.45, 7) is 0.752. The van der Waals surface area contributed by atoms with Gasteiger partial charge in [-0.3, -0.25) is 9.59 Å². The van der Waals surface area contributed by atoms with Crippen molar-refractivity contribution in [3.8, 4) is 0 Å². The maximum Gasteiger partial charge on any atom is 0.253 e. The molecular formula is C10H12N2O2. The Morgan fingerprint density at radius 2 is 2.43 bits per heavy atom. The van der Waals surface area contributed by atoms with Gasteiger partial charge in [-0.15, -0.1) is 0 Å². The SMILES string of the molecule is O=CN1CCC[C@H]1c1ccc[nH]c1=O. The van der Waals surface area contributed by atoms with Gasteiger partial charge in [0, 0.05) is 18.3 Å². The Bertz CT molecular complexity index is 386. The van der Waals surface area contributed by atoms with E-state index in [1.807, 2.05) is 0 Å². The van der Waals surface area contributed by atoms with E-state index in [0.717, 1.165) is 25.8 Å². The van der Waals surface area contributed by atoms with Crippen molar-refractivity contribution in [2.24, 2.45) is 0 Å². The molecule has 1 aliphatic rings. The molecule has 0 spiro atoms. The summed E-state index contributed by atoms with van der Waals surface area (Å²) in [4.78, 5) is 26.5. The maximum atomic E-state index is 11.5. The number of rotatable bonds is 2. The molecular weight excluding hydrogens is 180 g/mol. The molecule has 1 aromatic rings. The summed E-state index contributed by atoms with van der Waals surface area (Å²) < 4.78 is 0. The molecule has 1 amide bonds. The third-order valence-electron chi connectivity index (χ3n) is 2.64. The predicted molar refractivity (Wildman–Crippen MR) is 51.8 cm³/mol. The summed E-state index contributed by atoms with van der Waals surface area (Å²) >= 11 is 0. The van der Waals surface area contributed by atoms with Gasteiger partial charge >= 0.3 is 0 Å². The zero-order valence-electron chi connectivity index (χ0n) is 7.77. The second-order valence-electron chi connectivity index (χ2n) is 3.46. The average molecular weight is 192 g/mol. The first-order valence-electron chi connectivity index (χ1n) is 4.71. The molecule has 4 heteroatoms. The number of aromatic amines is 1. The Kier molecular flexibility index (Phi) is 2.35. The number of nitrogens with one attached hydrogen (secondary N) is 1. The minimum absolute atomic E-state index is 0.0301. The number of hydrogen-bond acceptors (Lipinski definition) is 2. The van der Waals surface area contributed by atoms with E-state index in [9.17, 15) is 9.59 Å². The fraction of sp³-hybridized carbons (Fsp3) is 0.400. The molecule has 1 fully saturated rings. The van der Waals surface area contributed by atoms with Crippen LogP contribution >= 0.6 is 0 Å². The number of pyridine rings is 1. The third-order valence-corrected chi connectivity index (χ3v) is 2.64. The van der Waals surface area contributed by atoms with Gasteiger partial charge in [-0.2, -0.15) is 0 Å². The number of amides is 1. The van der Waals surface area contributed by atoms with Gasteiger partial charge < -0.3 is 9.88 Å². The minimum Gasteiger partial charge on any atom is -0.338 e. The highest BCUT2D eigenvalue weighted by Crippen LogP contribution is 2.27. The fourth-order valence-electron chi connectivity index (χ4n) is 1.95. The molecule has 74 valence electrons. The lowest BCUT2D eigenvalue weighted by Gasteiger charge is -2.18. The van der Waals surface area contributed by atoms with E-state index in [2.05, 4.69) is 4.98 Å². The predicted octanol–water partition coefficient (Wildman–Crippen LogP) is 0.668. The van der Waals surface area contributed by atoms with Crippen molar-refractivity contribution in [2.75, 3.05) is 6.54 Å². The molecule has 0 unspecified atom stereocenters. The molecule has 1 aromatic heterocycles. The second-order valence-corrected chi connectivity index (χ2v) is 3.46. The molecule has 14 heavy (non-hydrogen) atoms. The maximum absolute atomic E-state index is 11.5. The lowest BCUT2D eigenvalue weighted by atomic mass is 10.1. The highest BCUT2D eigenvalue weighted by Gasteiger charge is 2.26. The van der Waals surface area contributed by atoms with E-state index in [4.69, 9.17) is 0 Å². The molecule has 0 aromatic carbocycles. The van der Waals surface area contributed by atoms with Gasteiger partial charge in [0.15, 0.2) is 0 Å². The molecule has 0 radical (unpaired) electrons. The number of hydrogen-bond donors (Lipinski definition) is 1. The Morgan fingerprint density at radius 3 is 3.14 bits per heavy atom. The third kappa shape index (κ3) is 1.43. The van der Waals surface area contributed by atoms with Crippen LogP contribution in [-0.4, -0.2) is 22.8 Å². The van der Waals surface area contributed by atoms with Crippen molar-refractivity contribution in [3.05, 3.63) is 34.2 Å². The Hall–Kier alpha value is -1.58. The summed E-state index contributed by atoms with van der Waals surface area (Å²) in [5.74, 6) is 0. The number of nitrogens with zero attached hydrogens (tertiary/aromatic N) is 1. The van der Waals surface area contributed by atoms with E-state index in [-0.39, 0.29) is 11.6 Å². The topological polar surface area (TPSA) is 53.2 Å². The number of H-pyrrole nitrogens is 1. The van der Waals surface area contributed by atoms with Crippen molar-refractivity contribution >= 4 is 6.41 Å². The van der Waals surface area contributed by atoms with Crippen LogP contribution in [0.3, 0.4) is 0 Å². The molecule has 0 saturated carbocycles. The Labute approximate surface area is 81.6 Å². The van der Waals surface area contributed by atoms with Gasteiger partial charge in [-0.1, -0.05) is 0 Å². The van der Waals surface area contributed by atoms with E-state index >= 15 is 0 Å². The first-order chi connectivity index (χ1) is 6.83. The molecule has 1 aliphatic heterocycles. The van der Waals surface area contributed by atoms with Crippen LogP contribution in [-0.2, 0) is 4.79 Å². The monoisotopic (exact) mass is 192 g/mol. The molecule has 1 atom stereocenters. The van der Waals surface area contributed by atoms with Crippen molar-refractivity contribution in [1.82, 2.24) is 9.88 Å². The molecule has 2 heterocycles. The van der Waals surface area contributed by atoms with Gasteiger partial charge in [0.05, 0.1) is 6.04 Å². The summed E-state index contributed by atoms with van der Waals surface area (Å²) in [6.07, 6.45) is 4.28. The largest absolute Gasteiger partial charge is 0.338 e. The Morgan fingerprint density at radius 1 is 1.57 bits per heavy atom. The molecule has 0 aliphatic carbocycles. The van der Waals surface area contributed by atoms with Crippen LogP contribution in [0.5, 0.6) is 0 Å². The van der Waals surface area contributed by atoms with Crippen LogP contribution in [0.4, 0.5) is 0 Å². The zero-order valence-corrected chi connectivity index (χ0v) is 7.77. The van der Waals surface area contributed by atoms with E-state index in [1.54, 1.807) is 23.2 Å². The normalized spacial score (nSPS) is 21.1. The minimum atomic E-state index is -0.0914. The summed E-state index contributed by atoms with van der Waals surface area (Å²) in [5.41, 5.74) is 0.600. The first-order valence-corrected chi connectivity index (χ1v) is 4.71. The number of aromatic nitrogens is 1. The summed E-state index contributed by atoms with van der Waals surface area (Å²) in [6, 6.07) is 3.54. The molecule has 2 rings (SSSR count). The van der Waals surface area contributed by atoms with Crippen LogP contribution in [0.15, 0.2) is 23.1 Å². The van der Waals surface area contributed by atoms with E-state index in [1.165, 1.54) is 0 Å². The lowest BCUT2D eigenvalue weighted by Crippen LogP contribution is -2.26. The van der Waals surface area contributed by atoms with Crippen molar-refractivity contribution in [1.29, 1.82) is 0 Å². The van der Waals surface area contributed by atoms with Crippen molar-refractivity contribution < 1.29 is 4.79 Å². The summed E-state index contributed by atoms with van der Waals surface area (Å²) in [7, 11) is 0. The van der Waals surface area contributed by atoms with E-state index < -0.39 is 0 Å². The molecule has 4 nitrogen and oxygen atoms in total. The first kappa shape index (κ1) is 8.99. The van der Waals surface area contributed by atoms with Gasteiger partial charge in [0.25, 0.3) is 5.56 Å². The van der Waals surface area contributed by atoms with Gasteiger partial charge in [-0.25, -0.2) is 0 Å². The number of carbonyl (C=O) groups is 1. The van der Waals surface area contributed by atoms with Gasteiger partial charge in [0.1, 0.15) is 0 Å². The number of likely N-dealkylation sites (tertiary alicyclic amines) is 1. The standard InChI is InChI=1S/C10H12N2O2/c13-7-12-6-2-4-9(12)8-3-1-5-11-10(8)14/h1,3,5,7,9H,2,4,6H2,(H,11,14)/t9-/m0/s1. The lowest BCUT2D eigenvalue weighted by molar-refractivity contribution is -0.118. The average Bonchev–Trinajstić information content (AvgIpc) is 2.66. The molecule has 1 saturated heterocycles. The highest BCUT2D eigenvalue weighted by molar-refractivity contribution is 5.49. The second kappa shape index (κ2) is 3.65. The van der Waals surface area contributed by atoms with E-state index in [0.29, 0.717) is 5.56 Å². The van der Waals surface area contributed by atoms with Crippen LogP contribution in [0, 0.1) is 0 Å². The molecule has 0 bridgehead atoms. The van der Waals surface area contributed by atoms with Gasteiger partial charge in [-0.05, 0) is 25.0 Å². The van der Waals surface area contributed by atoms with Crippen LogP contribution < -0.4 is 5.56 Å². The quantitative estimate of drug-likeness (QED) is 0.700. The van der Waals surface area contributed by atoms with Gasteiger partial charge in [0.2, 0.25) is 6.41 Å². The fourth-order valence-corrected chi connectivity index (χ4v) is 1.95. The zero-order chi connectivity index (χ0) is 9.97. The Balaban J connectivity index is 2.35. The van der Waals surface area contributed by atoms with Crippen LogP contribution in [0.25, 0.3) is 0 Å². The van der Waals surface area contributed by atoms with Crippen LogP contribution in [0.2, 0.25) is 0 Å². The van der Waals surface area contributed by atoms with Crippen molar-refractivity contribution in [3.63, 3.8) is 0 Å².